The number of nitrogens with zero attached hydrogens (tertiary/aromatic N) is 1. The van der Waals surface area contributed by atoms with Crippen LogP contribution >= 0.6 is 11.8 Å². The number of aromatic nitrogens is 2. The predicted octanol–water partition coefficient (Wildman–Crippen LogP) is 2.42. The predicted molar refractivity (Wildman–Crippen MR) is 69.8 cm³/mol. The molecule has 0 unspecified atom stereocenters. The molecule has 1 aromatic carbocycles. The molecule has 0 atom stereocenters. The second-order valence-electron chi connectivity index (χ2n) is 3.65. The number of hydrogen-bond donors (Lipinski definition) is 2. The Morgan fingerprint density at radius 1 is 1.39 bits per heavy atom. The smallest absolute Gasteiger partial charge is 0.234 e. The van der Waals surface area contributed by atoms with Crippen LogP contribution in [-0.2, 0) is 10.5 Å². The number of thioether (sulfide) groups is 1. The number of benzene rings is 1. The summed E-state index contributed by atoms with van der Waals surface area (Å²) in [4.78, 5) is 11.5. The van der Waals surface area contributed by atoms with Gasteiger partial charge in [-0.1, -0.05) is 12.1 Å². The molecule has 0 radical (unpaired) electrons. The van der Waals surface area contributed by atoms with E-state index in [2.05, 4.69) is 15.5 Å². The van der Waals surface area contributed by atoms with E-state index in [0.29, 0.717) is 17.2 Å². The van der Waals surface area contributed by atoms with Gasteiger partial charge >= 0.3 is 0 Å². The van der Waals surface area contributed by atoms with Gasteiger partial charge in [-0.2, -0.15) is 5.10 Å². The second-order valence-corrected chi connectivity index (χ2v) is 4.64. The average Bonchev–Trinajstić information content (AvgIpc) is 2.84. The van der Waals surface area contributed by atoms with Gasteiger partial charge < -0.3 is 5.32 Å². The number of hydrogen-bond acceptors (Lipinski definition) is 3. The van der Waals surface area contributed by atoms with Gasteiger partial charge in [-0.15, -0.1) is 11.8 Å². The summed E-state index contributed by atoms with van der Waals surface area (Å²) in [5, 5.41) is 9.05. The summed E-state index contributed by atoms with van der Waals surface area (Å²) >= 11 is 1.48. The summed E-state index contributed by atoms with van der Waals surface area (Å²) in [6.07, 6.45) is 3.16. The van der Waals surface area contributed by atoms with Crippen molar-refractivity contribution >= 4 is 23.4 Å². The van der Waals surface area contributed by atoms with E-state index < -0.39 is 0 Å². The first-order valence-corrected chi connectivity index (χ1v) is 6.50. The Morgan fingerprint density at radius 3 is 2.83 bits per heavy atom. The van der Waals surface area contributed by atoms with Gasteiger partial charge in [0, 0.05) is 11.9 Å². The van der Waals surface area contributed by atoms with Gasteiger partial charge in [0.25, 0.3) is 0 Å². The molecule has 18 heavy (non-hydrogen) atoms. The van der Waals surface area contributed by atoms with Crippen molar-refractivity contribution in [2.75, 3.05) is 11.1 Å². The van der Waals surface area contributed by atoms with Crippen LogP contribution in [0.3, 0.4) is 0 Å². The van der Waals surface area contributed by atoms with Gasteiger partial charge in [0.05, 0.1) is 17.6 Å². The van der Waals surface area contributed by atoms with Crippen LogP contribution in [0, 0.1) is 5.82 Å². The number of H-pyrrole nitrogens is 1. The highest BCUT2D eigenvalue weighted by molar-refractivity contribution is 7.99. The fourth-order valence-electron chi connectivity index (χ4n) is 1.36. The first kappa shape index (κ1) is 12.6. The van der Waals surface area contributed by atoms with Crippen molar-refractivity contribution in [1.82, 2.24) is 10.2 Å². The quantitative estimate of drug-likeness (QED) is 0.873. The lowest BCUT2D eigenvalue weighted by Gasteiger charge is -2.03. The zero-order chi connectivity index (χ0) is 12.8. The molecular formula is C12H12FN3OS. The summed E-state index contributed by atoms with van der Waals surface area (Å²) in [5.41, 5.74) is 1.65. The number of nitrogens with one attached hydrogen (secondary N) is 2. The van der Waals surface area contributed by atoms with Crippen LogP contribution in [0.5, 0.6) is 0 Å². The maximum atomic E-state index is 12.7. The van der Waals surface area contributed by atoms with Crippen molar-refractivity contribution < 1.29 is 9.18 Å². The first-order valence-electron chi connectivity index (χ1n) is 5.35. The summed E-state index contributed by atoms with van der Waals surface area (Å²) in [5.74, 6) is 0.701. The lowest BCUT2D eigenvalue weighted by molar-refractivity contribution is -0.113. The van der Waals surface area contributed by atoms with Crippen LogP contribution in [0.1, 0.15) is 5.56 Å². The monoisotopic (exact) mass is 265 g/mol. The normalized spacial score (nSPS) is 10.3. The fraction of sp³-hybridized carbons (Fsp3) is 0.167. The van der Waals surface area contributed by atoms with Crippen LogP contribution in [0.2, 0.25) is 0 Å². The van der Waals surface area contributed by atoms with E-state index in [9.17, 15) is 9.18 Å². The number of anilines is 1. The van der Waals surface area contributed by atoms with Crippen LogP contribution < -0.4 is 5.32 Å². The lowest BCUT2D eigenvalue weighted by atomic mass is 10.2. The minimum absolute atomic E-state index is 0.0801. The van der Waals surface area contributed by atoms with E-state index in [1.165, 1.54) is 23.9 Å². The molecule has 6 heteroatoms. The minimum Gasteiger partial charge on any atom is -0.323 e. The first-order chi connectivity index (χ1) is 8.74. The van der Waals surface area contributed by atoms with Gasteiger partial charge in [0.1, 0.15) is 5.82 Å². The largest absolute Gasteiger partial charge is 0.323 e. The zero-order valence-electron chi connectivity index (χ0n) is 9.52. The molecule has 0 saturated heterocycles. The minimum atomic E-state index is -0.249. The maximum Gasteiger partial charge on any atom is 0.234 e. The van der Waals surface area contributed by atoms with E-state index in [1.807, 2.05) is 0 Å². The van der Waals surface area contributed by atoms with Gasteiger partial charge in [-0.3, -0.25) is 9.89 Å². The molecule has 0 aliphatic carbocycles. The molecule has 2 rings (SSSR count). The van der Waals surface area contributed by atoms with E-state index in [4.69, 9.17) is 0 Å². The Balaban J connectivity index is 1.72. The highest BCUT2D eigenvalue weighted by atomic mass is 32.2. The third kappa shape index (κ3) is 3.89. The molecule has 0 aliphatic rings. The number of amides is 1. The van der Waals surface area contributed by atoms with Gasteiger partial charge in [-0.05, 0) is 17.7 Å². The summed E-state index contributed by atoms with van der Waals surface area (Å²) in [7, 11) is 0. The SMILES string of the molecule is O=C(CSCc1ccc(F)cc1)Nc1cn[nH]c1. The Labute approximate surface area is 108 Å². The second kappa shape index (κ2) is 6.20. The summed E-state index contributed by atoms with van der Waals surface area (Å²) < 4.78 is 12.7. The molecule has 1 heterocycles. The third-order valence-corrected chi connectivity index (χ3v) is 3.20. The van der Waals surface area contributed by atoms with E-state index in [0.717, 1.165) is 5.56 Å². The standard InChI is InChI=1S/C12H12FN3OS/c13-10-3-1-9(2-4-10)7-18-8-12(17)16-11-5-14-15-6-11/h1-6H,7-8H2,(H,14,15)(H,16,17). The van der Waals surface area contributed by atoms with E-state index >= 15 is 0 Å². The Hall–Kier alpha value is -1.82. The van der Waals surface area contributed by atoms with Crippen LogP contribution in [0.4, 0.5) is 10.1 Å². The van der Waals surface area contributed by atoms with Gasteiger partial charge in [-0.25, -0.2) is 4.39 Å². The van der Waals surface area contributed by atoms with Crippen molar-refractivity contribution in [2.45, 2.75) is 5.75 Å². The third-order valence-electron chi connectivity index (χ3n) is 2.20. The molecule has 0 fully saturated rings. The van der Waals surface area contributed by atoms with Crippen molar-refractivity contribution in [3.05, 3.63) is 48.0 Å². The fourth-order valence-corrected chi connectivity index (χ4v) is 2.15. The molecule has 1 amide bonds. The van der Waals surface area contributed by atoms with Crippen molar-refractivity contribution in [3.8, 4) is 0 Å². The zero-order valence-corrected chi connectivity index (χ0v) is 10.3. The number of carbonyl (C=O) groups is 1. The van der Waals surface area contributed by atoms with Crippen molar-refractivity contribution in [3.63, 3.8) is 0 Å². The molecule has 2 N–H and O–H groups in total. The molecule has 0 saturated carbocycles. The van der Waals surface area contributed by atoms with Gasteiger partial charge in [0.15, 0.2) is 0 Å². The molecule has 4 nitrogen and oxygen atoms in total. The van der Waals surface area contributed by atoms with Gasteiger partial charge in [0.2, 0.25) is 5.91 Å². The number of aromatic amines is 1. The highest BCUT2D eigenvalue weighted by Gasteiger charge is 2.03. The molecule has 1 aromatic heterocycles. The number of rotatable bonds is 5. The van der Waals surface area contributed by atoms with Crippen LogP contribution in [-0.4, -0.2) is 21.9 Å². The number of carbonyl (C=O) groups excluding carboxylic acids is 1. The lowest BCUT2D eigenvalue weighted by Crippen LogP contribution is -2.13. The molecule has 0 spiro atoms. The van der Waals surface area contributed by atoms with Crippen LogP contribution in [0.25, 0.3) is 0 Å². The number of halogens is 1. The Morgan fingerprint density at radius 2 is 2.17 bits per heavy atom. The van der Waals surface area contributed by atoms with Crippen molar-refractivity contribution in [1.29, 1.82) is 0 Å². The highest BCUT2D eigenvalue weighted by Crippen LogP contribution is 2.13. The average molecular weight is 265 g/mol. The molecular weight excluding hydrogens is 253 g/mol. The Kier molecular flexibility index (Phi) is 4.35. The summed E-state index contributed by atoms with van der Waals surface area (Å²) in [6.45, 7) is 0. The Bertz CT molecular complexity index is 499. The van der Waals surface area contributed by atoms with E-state index in [1.54, 1.807) is 24.5 Å². The van der Waals surface area contributed by atoms with Crippen molar-refractivity contribution in [2.24, 2.45) is 0 Å². The summed E-state index contributed by atoms with van der Waals surface area (Å²) in [6, 6.07) is 6.27. The molecule has 94 valence electrons. The van der Waals surface area contributed by atoms with E-state index in [-0.39, 0.29) is 11.7 Å². The molecule has 0 bridgehead atoms. The van der Waals surface area contributed by atoms with Crippen LogP contribution in [0.15, 0.2) is 36.7 Å². The topological polar surface area (TPSA) is 57.8 Å². The molecule has 2 aromatic rings. The maximum absolute atomic E-state index is 12.7. The molecule has 0 aliphatic heterocycles.